The first-order valence-electron chi connectivity index (χ1n) is 30.2. The maximum Gasteiger partial charge on any atom is 0.306 e. The fourth-order valence-electron chi connectivity index (χ4n) is 7.82. The van der Waals surface area contributed by atoms with Gasteiger partial charge in [0.05, 0.1) is 0 Å². The van der Waals surface area contributed by atoms with E-state index in [2.05, 4.69) is 154 Å². The normalized spacial score (nSPS) is 13.1. The molecule has 0 aromatic carbocycles. The molecule has 0 radical (unpaired) electrons. The first-order chi connectivity index (χ1) is 36.5. The van der Waals surface area contributed by atoms with Crippen molar-refractivity contribution in [2.75, 3.05) is 13.2 Å². The molecule has 6 nitrogen and oxygen atoms in total. The van der Waals surface area contributed by atoms with Gasteiger partial charge in [-0.3, -0.25) is 14.4 Å². The molecule has 0 aliphatic rings. The highest BCUT2D eigenvalue weighted by Gasteiger charge is 2.19. The Hall–Kier alpha value is -4.45. The molecule has 74 heavy (non-hydrogen) atoms. The van der Waals surface area contributed by atoms with Crippen molar-refractivity contribution >= 4 is 17.9 Å². The van der Waals surface area contributed by atoms with Gasteiger partial charge in [-0.25, -0.2) is 0 Å². The first kappa shape index (κ1) is 69.5. The number of allylic oxidation sites excluding steroid dienone is 22. The van der Waals surface area contributed by atoms with Crippen molar-refractivity contribution in [2.24, 2.45) is 0 Å². The third-order valence-electron chi connectivity index (χ3n) is 12.4. The summed E-state index contributed by atoms with van der Waals surface area (Å²) in [5, 5.41) is 0. The molecule has 0 rings (SSSR count). The van der Waals surface area contributed by atoms with Crippen LogP contribution in [0.25, 0.3) is 0 Å². The van der Waals surface area contributed by atoms with Gasteiger partial charge in [0.25, 0.3) is 0 Å². The minimum Gasteiger partial charge on any atom is -0.462 e. The Morgan fingerprint density at radius 2 is 0.541 bits per heavy atom. The van der Waals surface area contributed by atoms with Gasteiger partial charge in [0, 0.05) is 19.3 Å². The summed E-state index contributed by atoms with van der Waals surface area (Å²) in [5.74, 6) is -0.975. The lowest BCUT2D eigenvalue weighted by molar-refractivity contribution is -0.167. The Labute approximate surface area is 455 Å². The number of hydrogen-bond acceptors (Lipinski definition) is 6. The fraction of sp³-hybridized carbons (Fsp3) is 0.632. The van der Waals surface area contributed by atoms with Crippen molar-refractivity contribution in [3.63, 3.8) is 0 Å². The zero-order chi connectivity index (χ0) is 53.6. The third-order valence-corrected chi connectivity index (χ3v) is 12.4. The van der Waals surface area contributed by atoms with E-state index < -0.39 is 6.10 Å². The van der Waals surface area contributed by atoms with Crippen LogP contribution in [0.3, 0.4) is 0 Å². The van der Waals surface area contributed by atoms with E-state index in [-0.39, 0.29) is 31.1 Å². The summed E-state index contributed by atoms with van der Waals surface area (Å²) in [6.45, 7) is 6.42. The van der Waals surface area contributed by atoms with E-state index >= 15 is 0 Å². The van der Waals surface area contributed by atoms with E-state index in [9.17, 15) is 14.4 Å². The van der Waals surface area contributed by atoms with Gasteiger partial charge in [-0.1, -0.05) is 238 Å². The highest BCUT2D eigenvalue weighted by Crippen LogP contribution is 2.13. The van der Waals surface area contributed by atoms with Gasteiger partial charge in [0.2, 0.25) is 0 Å². The summed E-state index contributed by atoms with van der Waals surface area (Å²) < 4.78 is 16.8. The molecule has 0 saturated heterocycles. The zero-order valence-electron chi connectivity index (χ0n) is 47.8. The van der Waals surface area contributed by atoms with Crippen LogP contribution in [0.2, 0.25) is 0 Å². The number of ether oxygens (including phenoxy) is 3. The molecule has 0 amide bonds. The second-order valence-electron chi connectivity index (χ2n) is 19.5. The Morgan fingerprint density at radius 1 is 0.284 bits per heavy atom. The van der Waals surface area contributed by atoms with E-state index in [1.807, 2.05) is 0 Å². The number of esters is 3. The predicted octanol–water partition coefficient (Wildman–Crippen LogP) is 20.6. The minimum atomic E-state index is -0.811. The van der Waals surface area contributed by atoms with Crippen LogP contribution in [-0.2, 0) is 28.6 Å². The lowest BCUT2D eigenvalue weighted by Crippen LogP contribution is -2.30. The van der Waals surface area contributed by atoms with Crippen molar-refractivity contribution in [1.29, 1.82) is 0 Å². The summed E-state index contributed by atoms with van der Waals surface area (Å²) in [4.78, 5) is 38.2. The summed E-state index contributed by atoms with van der Waals surface area (Å²) in [6, 6.07) is 0. The van der Waals surface area contributed by atoms with E-state index in [1.54, 1.807) is 0 Å². The SMILES string of the molecule is CC/C=C\C/C=C\C/C=C\C/C=C\C/C=C\C/C=C\C/C=C\C/C=C\CCCCC(=O)OCC(COC(=O)CCCCCCC/C=C\C/C=C\CCCC)OC(=O)CCCCCCC/C=C\CCCCCCCC. The number of unbranched alkanes of at least 4 members (excludes halogenated alkanes) is 20. The number of carbonyl (C=O) groups excluding carboxylic acids is 3. The lowest BCUT2D eigenvalue weighted by atomic mass is 10.1. The number of rotatable bonds is 53. The average Bonchev–Trinajstić information content (AvgIpc) is 3.40. The lowest BCUT2D eigenvalue weighted by Gasteiger charge is -2.18. The van der Waals surface area contributed by atoms with Gasteiger partial charge >= 0.3 is 17.9 Å². The van der Waals surface area contributed by atoms with Gasteiger partial charge in [0.1, 0.15) is 13.2 Å². The summed E-state index contributed by atoms with van der Waals surface area (Å²) in [7, 11) is 0. The molecule has 0 fully saturated rings. The van der Waals surface area contributed by atoms with Gasteiger partial charge < -0.3 is 14.2 Å². The van der Waals surface area contributed by atoms with E-state index in [1.165, 1.54) is 70.6 Å². The number of hydrogen-bond donors (Lipinski definition) is 0. The molecule has 0 aromatic heterocycles. The van der Waals surface area contributed by atoms with Crippen molar-refractivity contribution in [2.45, 2.75) is 264 Å². The van der Waals surface area contributed by atoms with Crippen LogP contribution in [0.15, 0.2) is 134 Å². The second kappa shape index (κ2) is 61.1. The van der Waals surface area contributed by atoms with Gasteiger partial charge in [-0.2, -0.15) is 0 Å². The minimum absolute atomic E-state index is 0.106. The van der Waals surface area contributed by atoms with Crippen molar-refractivity contribution < 1.29 is 28.6 Å². The quantitative estimate of drug-likeness (QED) is 0.0261. The van der Waals surface area contributed by atoms with E-state index in [0.717, 1.165) is 141 Å². The van der Waals surface area contributed by atoms with Crippen molar-refractivity contribution in [3.05, 3.63) is 134 Å². The molecular formula is C68H110O6. The van der Waals surface area contributed by atoms with Crippen LogP contribution in [-0.4, -0.2) is 37.2 Å². The van der Waals surface area contributed by atoms with Crippen LogP contribution in [0.5, 0.6) is 0 Å². The maximum atomic E-state index is 12.9. The fourth-order valence-corrected chi connectivity index (χ4v) is 7.82. The molecular weight excluding hydrogens is 913 g/mol. The predicted molar refractivity (Wildman–Crippen MR) is 320 cm³/mol. The maximum absolute atomic E-state index is 12.9. The Balaban J connectivity index is 4.46. The zero-order valence-corrected chi connectivity index (χ0v) is 47.8. The molecule has 0 aromatic rings. The third kappa shape index (κ3) is 58.4. The molecule has 0 bridgehead atoms. The van der Waals surface area contributed by atoms with Crippen LogP contribution < -0.4 is 0 Å². The molecule has 0 spiro atoms. The van der Waals surface area contributed by atoms with Crippen molar-refractivity contribution in [3.8, 4) is 0 Å². The smallest absolute Gasteiger partial charge is 0.306 e. The number of carbonyl (C=O) groups is 3. The van der Waals surface area contributed by atoms with Crippen LogP contribution in [0.4, 0.5) is 0 Å². The van der Waals surface area contributed by atoms with Crippen LogP contribution >= 0.6 is 0 Å². The molecule has 0 heterocycles. The summed E-state index contributed by atoms with van der Waals surface area (Å²) in [6.07, 6.45) is 85.9. The van der Waals surface area contributed by atoms with Gasteiger partial charge in [-0.05, 0) is 135 Å². The molecule has 0 aliphatic heterocycles. The molecule has 0 saturated carbocycles. The Morgan fingerprint density at radius 3 is 0.905 bits per heavy atom. The van der Waals surface area contributed by atoms with Crippen LogP contribution in [0, 0.1) is 0 Å². The standard InChI is InChI=1S/C68H110O6/c1-4-7-10-13-16-19-22-25-28-29-30-31-32-33-34-35-36-37-38-39-41-43-46-49-52-55-58-61-67(70)73-64-65(63-72-66(69)60-57-54-51-48-45-42-27-24-21-18-15-12-9-6-3)74-68(71)62-59-56-53-50-47-44-40-26-23-20-17-14-11-8-5-2/h7,10,15-16,18-19,24-28,30-31,33-34,36-37,39-41,46,49,65H,4-6,8-9,11-14,17,20-23,29,32,35,38,42-45,47-48,50-64H2,1-3H3/b10-7-,18-15-,19-16-,27-24-,28-25-,31-30-,34-33-,37-36-,40-26-,41-39-,49-46-. The molecule has 0 aliphatic carbocycles. The average molecular weight is 1020 g/mol. The monoisotopic (exact) mass is 1020 g/mol. The highest BCUT2D eigenvalue weighted by atomic mass is 16.6. The van der Waals surface area contributed by atoms with Crippen LogP contribution in [0.1, 0.15) is 258 Å². The second-order valence-corrected chi connectivity index (χ2v) is 19.5. The molecule has 0 N–H and O–H groups in total. The topological polar surface area (TPSA) is 78.9 Å². The summed E-state index contributed by atoms with van der Waals surface area (Å²) in [5.41, 5.74) is 0. The molecule has 1 unspecified atom stereocenters. The van der Waals surface area contributed by atoms with Crippen molar-refractivity contribution in [1.82, 2.24) is 0 Å². The summed E-state index contributed by atoms with van der Waals surface area (Å²) >= 11 is 0. The highest BCUT2D eigenvalue weighted by molar-refractivity contribution is 5.71. The Kier molecular flexibility index (Phi) is 57.4. The Bertz CT molecular complexity index is 1600. The van der Waals surface area contributed by atoms with Gasteiger partial charge in [0.15, 0.2) is 6.10 Å². The first-order valence-corrected chi connectivity index (χ1v) is 30.2. The van der Waals surface area contributed by atoms with Gasteiger partial charge in [-0.15, -0.1) is 0 Å². The largest absolute Gasteiger partial charge is 0.462 e. The van der Waals surface area contributed by atoms with E-state index in [0.29, 0.717) is 25.7 Å². The van der Waals surface area contributed by atoms with E-state index in [4.69, 9.17) is 14.2 Å². The molecule has 1 atom stereocenters. The molecule has 6 heteroatoms. The molecule has 418 valence electrons.